The van der Waals surface area contributed by atoms with E-state index in [1.807, 2.05) is 6.92 Å². The van der Waals surface area contributed by atoms with Gasteiger partial charge in [-0.3, -0.25) is 0 Å². The molecule has 62 valence electrons. The van der Waals surface area contributed by atoms with E-state index in [0.717, 1.165) is 5.92 Å². The summed E-state index contributed by atoms with van der Waals surface area (Å²) in [6, 6.07) is 0. The molecule has 11 heavy (non-hydrogen) atoms. The highest BCUT2D eigenvalue weighted by molar-refractivity contribution is 5.13. The van der Waals surface area contributed by atoms with Gasteiger partial charge in [-0.15, -0.1) is 0 Å². The fourth-order valence-corrected chi connectivity index (χ4v) is 2.90. The van der Waals surface area contributed by atoms with Gasteiger partial charge < -0.3 is 5.11 Å². The molecule has 0 aromatic carbocycles. The molecule has 0 spiro atoms. The van der Waals surface area contributed by atoms with Crippen LogP contribution in [0, 0.1) is 23.7 Å². The van der Waals surface area contributed by atoms with Crippen LogP contribution in [-0.2, 0) is 0 Å². The molecule has 1 nitrogen and oxygen atoms in total. The standard InChI is InChI=1S/C10H16O/c1-6-8-3-4-9(5-8)10(6)7(2)11/h3-4,6-11H,5H2,1-2H3. The quantitative estimate of drug-likeness (QED) is 0.568. The van der Waals surface area contributed by atoms with Gasteiger partial charge in [-0.2, -0.15) is 0 Å². The van der Waals surface area contributed by atoms with E-state index in [2.05, 4.69) is 19.1 Å². The summed E-state index contributed by atoms with van der Waals surface area (Å²) in [5.41, 5.74) is 0. The van der Waals surface area contributed by atoms with Crippen molar-refractivity contribution in [1.82, 2.24) is 0 Å². The summed E-state index contributed by atoms with van der Waals surface area (Å²) in [4.78, 5) is 0. The molecule has 1 fully saturated rings. The molecule has 5 unspecified atom stereocenters. The number of hydrogen-bond donors (Lipinski definition) is 1. The van der Waals surface area contributed by atoms with Crippen LogP contribution in [0.2, 0.25) is 0 Å². The first-order valence-electron chi connectivity index (χ1n) is 4.56. The third kappa shape index (κ3) is 0.943. The zero-order valence-corrected chi connectivity index (χ0v) is 7.20. The van der Waals surface area contributed by atoms with Crippen molar-refractivity contribution in [1.29, 1.82) is 0 Å². The highest BCUT2D eigenvalue weighted by Gasteiger charge is 2.43. The Morgan fingerprint density at radius 2 is 2.00 bits per heavy atom. The van der Waals surface area contributed by atoms with Crippen molar-refractivity contribution < 1.29 is 5.11 Å². The molecular formula is C10H16O. The molecule has 1 N–H and O–H groups in total. The molecule has 2 rings (SSSR count). The van der Waals surface area contributed by atoms with E-state index in [1.54, 1.807) is 0 Å². The monoisotopic (exact) mass is 152 g/mol. The molecule has 0 aromatic rings. The summed E-state index contributed by atoms with van der Waals surface area (Å²) < 4.78 is 0. The molecule has 2 bridgehead atoms. The van der Waals surface area contributed by atoms with E-state index in [4.69, 9.17) is 0 Å². The van der Waals surface area contributed by atoms with Gasteiger partial charge in [0.15, 0.2) is 0 Å². The molecule has 0 heterocycles. The molecule has 2 aliphatic carbocycles. The van der Waals surface area contributed by atoms with E-state index in [9.17, 15) is 5.11 Å². The first-order valence-corrected chi connectivity index (χ1v) is 4.56. The van der Waals surface area contributed by atoms with Crippen LogP contribution in [0.4, 0.5) is 0 Å². The van der Waals surface area contributed by atoms with Crippen LogP contribution in [0.3, 0.4) is 0 Å². The van der Waals surface area contributed by atoms with Crippen molar-refractivity contribution >= 4 is 0 Å². The van der Waals surface area contributed by atoms with Gasteiger partial charge in [-0.05, 0) is 37.0 Å². The fourth-order valence-electron chi connectivity index (χ4n) is 2.90. The second kappa shape index (κ2) is 2.34. The zero-order chi connectivity index (χ0) is 8.01. The minimum Gasteiger partial charge on any atom is -0.393 e. The third-order valence-electron chi connectivity index (χ3n) is 3.48. The Hall–Kier alpha value is -0.300. The number of rotatable bonds is 1. The number of aliphatic hydroxyl groups is 1. The molecule has 0 aromatic heterocycles. The van der Waals surface area contributed by atoms with Gasteiger partial charge in [-0.25, -0.2) is 0 Å². The summed E-state index contributed by atoms with van der Waals surface area (Å²) in [6.07, 6.45) is 5.79. The molecule has 5 atom stereocenters. The van der Waals surface area contributed by atoms with Crippen molar-refractivity contribution in [2.75, 3.05) is 0 Å². The average Bonchev–Trinajstić information content (AvgIpc) is 2.44. The largest absolute Gasteiger partial charge is 0.393 e. The summed E-state index contributed by atoms with van der Waals surface area (Å²) in [7, 11) is 0. The first kappa shape index (κ1) is 7.35. The lowest BCUT2D eigenvalue weighted by atomic mass is 9.81. The van der Waals surface area contributed by atoms with Crippen LogP contribution < -0.4 is 0 Å². The number of allylic oxidation sites excluding steroid dienone is 2. The Labute approximate surface area is 68.1 Å². The Kier molecular flexibility index (Phi) is 1.57. The summed E-state index contributed by atoms with van der Waals surface area (Å²) in [6.45, 7) is 4.20. The molecule has 0 amide bonds. The maximum absolute atomic E-state index is 9.51. The number of fused-ring (bicyclic) bond motifs is 2. The van der Waals surface area contributed by atoms with Crippen molar-refractivity contribution in [3.63, 3.8) is 0 Å². The minimum atomic E-state index is -0.120. The lowest BCUT2D eigenvalue weighted by Gasteiger charge is -2.27. The predicted octanol–water partition coefficient (Wildman–Crippen LogP) is 1.83. The van der Waals surface area contributed by atoms with E-state index in [0.29, 0.717) is 17.8 Å². The van der Waals surface area contributed by atoms with Gasteiger partial charge in [0.05, 0.1) is 6.10 Å². The third-order valence-corrected chi connectivity index (χ3v) is 3.48. The molecule has 1 heteroatoms. The highest BCUT2D eigenvalue weighted by atomic mass is 16.3. The fraction of sp³-hybridized carbons (Fsp3) is 0.800. The van der Waals surface area contributed by atoms with E-state index in [-0.39, 0.29) is 6.10 Å². The van der Waals surface area contributed by atoms with Crippen LogP contribution in [0.5, 0.6) is 0 Å². The van der Waals surface area contributed by atoms with Crippen LogP contribution in [0.25, 0.3) is 0 Å². The predicted molar refractivity (Wildman–Crippen MR) is 45.1 cm³/mol. The Bertz CT molecular complexity index is 183. The molecule has 1 saturated carbocycles. The summed E-state index contributed by atoms with van der Waals surface area (Å²) in [5, 5.41) is 9.51. The summed E-state index contributed by atoms with van der Waals surface area (Å²) >= 11 is 0. The Morgan fingerprint density at radius 3 is 2.36 bits per heavy atom. The van der Waals surface area contributed by atoms with Gasteiger partial charge in [0, 0.05) is 0 Å². The van der Waals surface area contributed by atoms with Crippen LogP contribution in [-0.4, -0.2) is 11.2 Å². The maximum atomic E-state index is 9.51. The second-order valence-corrected chi connectivity index (χ2v) is 4.13. The number of hydrogen-bond acceptors (Lipinski definition) is 1. The van der Waals surface area contributed by atoms with Crippen molar-refractivity contribution in [3.8, 4) is 0 Å². The maximum Gasteiger partial charge on any atom is 0.0548 e. The molecular weight excluding hydrogens is 136 g/mol. The molecule has 0 radical (unpaired) electrons. The average molecular weight is 152 g/mol. The SMILES string of the molecule is CC(O)C1C2C=CC(C2)C1C. The van der Waals surface area contributed by atoms with Crippen molar-refractivity contribution in [3.05, 3.63) is 12.2 Å². The lowest BCUT2D eigenvalue weighted by molar-refractivity contribution is 0.0847. The van der Waals surface area contributed by atoms with Crippen molar-refractivity contribution in [2.24, 2.45) is 23.7 Å². The summed E-state index contributed by atoms with van der Waals surface area (Å²) in [5.74, 6) is 2.67. The van der Waals surface area contributed by atoms with E-state index >= 15 is 0 Å². The topological polar surface area (TPSA) is 20.2 Å². The van der Waals surface area contributed by atoms with Gasteiger partial charge in [0.2, 0.25) is 0 Å². The van der Waals surface area contributed by atoms with Crippen molar-refractivity contribution in [2.45, 2.75) is 26.4 Å². The molecule has 0 aliphatic heterocycles. The number of aliphatic hydroxyl groups excluding tert-OH is 1. The van der Waals surface area contributed by atoms with Gasteiger partial charge in [0.1, 0.15) is 0 Å². The minimum absolute atomic E-state index is 0.120. The highest BCUT2D eigenvalue weighted by Crippen LogP contribution is 2.48. The van der Waals surface area contributed by atoms with Gasteiger partial charge >= 0.3 is 0 Å². The van der Waals surface area contributed by atoms with Crippen LogP contribution in [0.15, 0.2) is 12.2 Å². The van der Waals surface area contributed by atoms with E-state index < -0.39 is 0 Å². The van der Waals surface area contributed by atoms with Crippen LogP contribution >= 0.6 is 0 Å². The van der Waals surface area contributed by atoms with Gasteiger partial charge in [-0.1, -0.05) is 19.1 Å². The normalized spacial score (nSPS) is 50.1. The second-order valence-electron chi connectivity index (χ2n) is 4.13. The van der Waals surface area contributed by atoms with Crippen LogP contribution in [0.1, 0.15) is 20.3 Å². The van der Waals surface area contributed by atoms with E-state index in [1.165, 1.54) is 6.42 Å². The lowest BCUT2D eigenvalue weighted by Crippen LogP contribution is -2.27. The Balaban J connectivity index is 2.18. The smallest absolute Gasteiger partial charge is 0.0548 e. The molecule has 0 saturated heterocycles. The first-order chi connectivity index (χ1) is 5.20. The Morgan fingerprint density at radius 1 is 1.36 bits per heavy atom. The zero-order valence-electron chi connectivity index (χ0n) is 7.20. The van der Waals surface area contributed by atoms with Gasteiger partial charge in [0.25, 0.3) is 0 Å². The molecule has 2 aliphatic rings.